The molecule has 2 bridgehead atoms. The van der Waals surface area contributed by atoms with Crippen LogP contribution in [0.1, 0.15) is 23.2 Å². The van der Waals surface area contributed by atoms with Gasteiger partial charge in [0.15, 0.2) is 5.75 Å². The number of halogens is 1. The summed E-state index contributed by atoms with van der Waals surface area (Å²) in [5.41, 5.74) is 0.769. The maximum Gasteiger partial charge on any atom is 0.257 e. The van der Waals surface area contributed by atoms with Gasteiger partial charge in [0.2, 0.25) is 5.91 Å². The molecule has 3 atom stereocenters. The minimum absolute atomic E-state index is 0.0308. The molecule has 24 heavy (non-hydrogen) atoms. The van der Waals surface area contributed by atoms with E-state index in [4.69, 9.17) is 16.3 Å². The second-order valence-corrected chi connectivity index (χ2v) is 7.05. The third kappa shape index (κ3) is 3.00. The molecule has 5 nitrogen and oxygen atoms in total. The molecule has 0 aliphatic heterocycles. The lowest BCUT2D eigenvalue weighted by atomic mass is 9.92. The molecule has 1 N–H and O–H groups in total. The topological polar surface area (TPSA) is 58.6 Å². The molecule has 0 saturated heterocycles. The number of hydrogen-bond donors (Lipinski definition) is 1. The normalized spacial score (nSPS) is 24.1. The van der Waals surface area contributed by atoms with E-state index < -0.39 is 0 Å². The highest BCUT2D eigenvalue weighted by Gasteiger charge is 2.40. The van der Waals surface area contributed by atoms with E-state index in [1.54, 1.807) is 26.2 Å². The first-order valence-electron chi connectivity index (χ1n) is 7.99. The van der Waals surface area contributed by atoms with E-state index in [-0.39, 0.29) is 17.7 Å². The molecule has 1 saturated carbocycles. The number of carbonyl (C=O) groups is 2. The number of allylic oxidation sites excluding steroid dienone is 2. The number of methoxy groups -OCH3 is 1. The highest BCUT2D eigenvalue weighted by atomic mass is 35.5. The quantitative estimate of drug-likeness (QED) is 0.850. The highest BCUT2D eigenvalue weighted by Crippen LogP contribution is 2.44. The minimum Gasteiger partial charge on any atom is -0.494 e. The molecule has 1 aromatic carbocycles. The summed E-state index contributed by atoms with van der Waals surface area (Å²) in [4.78, 5) is 26.4. The van der Waals surface area contributed by atoms with Crippen molar-refractivity contribution in [2.45, 2.75) is 12.8 Å². The lowest BCUT2D eigenvalue weighted by molar-refractivity contribution is -0.120. The van der Waals surface area contributed by atoms with Crippen molar-refractivity contribution in [1.82, 2.24) is 4.90 Å². The first kappa shape index (κ1) is 16.8. The van der Waals surface area contributed by atoms with E-state index in [2.05, 4.69) is 17.5 Å². The van der Waals surface area contributed by atoms with Crippen molar-refractivity contribution in [2.75, 3.05) is 26.5 Å². The van der Waals surface area contributed by atoms with Gasteiger partial charge in [-0.1, -0.05) is 23.8 Å². The van der Waals surface area contributed by atoms with Crippen LogP contribution >= 0.6 is 11.6 Å². The maximum atomic E-state index is 12.7. The number of ether oxygens (including phenoxy) is 1. The van der Waals surface area contributed by atoms with E-state index in [0.29, 0.717) is 33.9 Å². The van der Waals surface area contributed by atoms with Crippen LogP contribution in [-0.2, 0) is 4.79 Å². The zero-order chi connectivity index (χ0) is 17.4. The second kappa shape index (κ2) is 6.48. The van der Waals surface area contributed by atoms with Gasteiger partial charge < -0.3 is 15.0 Å². The zero-order valence-electron chi connectivity index (χ0n) is 14.0. The van der Waals surface area contributed by atoms with Crippen LogP contribution in [0.25, 0.3) is 0 Å². The van der Waals surface area contributed by atoms with E-state index in [0.717, 1.165) is 12.8 Å². The van der Waals surface area contributed by atoms with Crippen molar-refractivity contribution in [2.24, 2.45) is 17.8 Å². The van der Waals surface area contributed by atoms with Crippen molar-refractivity contribution in [3.63, 3.8) is 0 Å². The number of carbonyl (C=O) groups excluding carboxylic acids is 2. The lowest BCUT2D eigenvalue weighted by Gasteiger charge is -2.20. The molecule has 0 spiro atoms. The number of rotatable bonds is 4. The van der Waals surface area contributed by atoms with Crippen LogP contribution < -0.4 is 10.1 Å². The summed E-state index contributed by atoms with van der Waals surface area (Å²) in [6.07, 6.45) is 6.26. The molecular weight excluding hydrogens is 328 g/mol. The fourth-order valence-corrected chi connectivity index (χ4v) is 3.83. The fourth-order valence-electron chi connectivity index (χ4n) is 3.61. The molecule has 0 aromatic heterocycles. The van der Waals surface area contributed by atoms with Gasteiger partial charge in [-0.15, -0.1) is 0 Å². The molecule has 6 heteroatoms. The van der Waals surface area contributed by atoms with Crippen LogP contribution in [0.4, 0.5) is 5.69 Å². The van der Waals surface area contributed by atoms with Gasteiger partial charge >= 0.3 is 0 Å². The minimum atomic E-state index is -0.229. The molecule has 0 heterocycles. The Hall–Kier alpha value is -2.01. The van der Waals surface area contributed by atoms with Gasteiger partial charge in [-0.25, -0.2) is 0 Å². The first-order chi connectivity index (χ1) is 11.4. The fraction of sp³-hybridized carbons (Fsp3) is 0.444. The molecule has 2 aliphatic rings. The van der Waals surface area contributed by atoms with Crippen LogP contribution in [0.3, 0.4) is 0 Å². The summed E-state index contributed by atoms with van der Waals surface area (Å²) in [5, 5.41) is 3.29. The van der Waals surface area contributed by atoms with E-state index >= 15 is 0 Å². The van der Waals surface area contributed by atoms with Crippen LogP contribution in [-0.4, -0.2) is 37.9 Å². The molecule has 0 radical (unpaired) electrons. The van der Waals surface area contributed by atoms with Crippen molar-refractivity contribution in [1.29, 1.82) is 0 Å². The number of hydrogen-bond acceptors (Lipinski definition) is 3. The van der Waals surface area contributed by atoms with Crippen LogP contribution in [0.15, 0.2) is 24.3 Å². The van der Waals surface area contributed by atoms with Gasteiger partial charge in [-0.3, -0.25) is 9.59 Å². The summed E-state index contributed by atoms with van der Waals surface area (Å²) in [6.45, 7) is 0. The predicted octanol–water partition coefficient (Wildman–Crippen LogP) is 3.20. The molecule has 2 aliphatic carbocycles. The van der Waals surface area contributed by atoms with Crippen molar-refractivity contribution >= 4 is 29.1 Å². The smallest absolute Gasteiger partial charge is 0.257 e. The Balaban J connectivity index is 1.88. The van der Waals surface area contributed by atoms with Crippen LogP contribution in [0, 0.1) is 17.8 Å². The Labute approximate surface area is 146 Å². The Bertz CT molecular complexity index is 714. The van der Waals surface area contributed by atoms with E-state index in [1.807, 2.05) is 0 Å². The van der Waals surface area contributed by atoms with Crippen molar-refractivity contribution in [3.8, 4) is 5.75 Å². The standard InChI is InChI=1S/C18H21ClN2O3/c1-21(2)18(23)14-8-12(19)9-15(16(14)24-3)20-17(22)13-7-10-4-5-11(13)6-10/h4-5,8-11,13H,6-7H2,1-3H3,(H,20,22)/t10-,11-,13-/m0/s1. The number of anilines is 1. The number of benzene rings is 1. The second-order valence-electron chi connectivity index (χ2n) is 6.61. The molecule has 1 aromatic rings. The van der Waals surface area contributed by atoms with Crippen molar-refractivity contribution in [3.05, 3.63) is 34.9 Å². The Morgan fingerprint density at radius 1 is 1.25 bits per heavy atom. The molecule has 1 fully saturated rings. The predicted molar refractivity (Wildman–Crippen MR) is 93.5 cm³/mol. The van der Waals surface area contributed by atoms with Gasteiger partial charge in [-0.05, 0) is 36.8 Å². The lowest BCUT2D eigenvalue weighted by Crippen LogP contribution is -2.27. The number of amides is 2. The van der Waals surface area contributed by atoms with E-state index in [1.165, 1.54) is 12.0 Å². The Morgan fingerprint density at radius 2 is 2.00 bits per heavy atom. The average Bonchev–Trinajstić information content (AvgIpc) is 3.16. The van der Waals surface area contributed by atoms with Gasteiger partial charge in [0, 0.05) is 25.0 Å². The van der Waals surface area contributed by atoms with Gasteiger partial charge in [0.1, 0.15) is 0 Å². The molecule has 2 amide bonds. The van der Waals surface area contributed by atoms with Crippen LogP contribution in [0.2, 0.25) is 5.02 Å². The molecule has 0 unspecified atom stereocenters. The average molecular weight is 349 g/mol. The van der Waals surface area contributed by atoms with Crippen LogP contribution in [0.5, 0.6) is 5.75 Å². The third-order valence-electron chi connectivity index (χ3n) is 4.77. The maximum absolute atomic E-state index is 12.7. The van der Waals surface area contributed by atoms with Gasteiger partial charge in [0.25, 0.3) is 5.91 Å². The highest BCUT2D eigenvalue weighted by molar-refractivity contribution is 6.31. The van der Waals surface area contributed by atoms with Crippen molar-refractivity contribution < 1.29 is 14.3 Å². The number of nitrogens with one attached hydrogen (secondary N) is 1. The summed E-state index contributed by atoms with van der Waals surface area (Å²) in [5.74, 6) is 0.853. The molecule has 128 valence electrons. The summed E-state index contributed by atoms with van der Waals surface area (Å²) in [7, 11) is 4.79. The van der Waals surface area contributed by atoms with Gasteiger partial charge in [-0.2, -0.15) is 0 Å². The summed E-state index contributed by atoms with van der Waals surface area (Å²) < 4.78 is 5.39. The largest absolute Gasteiger partial charge is 0.494 e. The summed E-state index contributed by atoms with van der Waals surface area (Å²) >= 11 is 6.15. The monoisotopic (exact) mass is 348 g/mol. The number of fused-ring (bicyclic) bond motifs is 2. The third-order valence-corrected chi connectivity index (χ3v) is 4.99. The zero-order valence-corrected chi connectivity index (χ0v) is 14.8. The van der Waals surface area contributed by atoms with Gasteiger partial charge in [0.05, 0.1) is 18.4 Å². The molecular formula is C18H21ClN2O3. The Morgan fingerprint density at radius 3 is 2.54 bits per heavy atom. The molecule has 3 rings (SSSR count). The Kier molecular flexibility index (Phi) is 4.54. The van der Waals surface area contributed by atoms with E-state index in [9.17, 15) is 9.59 Å². The summed E-state index contributed by atoms with van der Waals surface area (Å²) in [6, 6.07) is 3.17. The SMILES string of the molecule is COc1c(NC(=O)[C@H]2C[C@H]3C=C[C@H]2C3)cc(Cl)cc1C(=O)N(C)C. The first-order valence-corrected chi connectivity index (χ1v) is 8.37. The number of nitrogens with zero attached hydrogens (tertiary/aromatic N) is 1.